The predicted octanol–water partition coefficient (Wildman–Crippen LogP) is 6.57. The minimum Gasteiger partial charge on any atom is -0.467 e. The van der Waals surface area contributed by atoms with Gasteiger partial charge >= 0.3 is 0 Å². The first kappa shape index (κ1) is 26.0. The molecule has 9 heteroatoms. The molecule has 196 valence electrons. The highest BCUT2D eigenvalue weighted by Gasteiger charge is 2.42. The van der Waals surface area contributed by atoms with Crippen LogP contribution in [-0.4, -0.2) is 20.6 Å². The number of anilines is 2. The number of thiocarbonyl (C=S) groups is 1. The molecule has 1 amide bonds. The first-order valence-electron chi connectivity index (χ1n) is 12.5. The monoisotopic (exact) mass is 547 g/mol. The van der Waals surface area contributed by atoms with Gasteiger partial charge in [0, 0.05) is 29.2 Å². The van der Waals surface area contributed by atoms with Crippen LogP contribution in [-0.2, 0) is 11.3 Å². The van der Waals surface area contributed by atoms with Crippen molar-refractivity contribution in [3.05, 3.63) is 100 Å². The van der Waals surface area contributed by atoms with E-state index >= 15 is 0 Å². The molecule has 1 aromatic carbocycles. The largest absolute Gasteiger partial charge is 0.467 e. The number of aryl methyl sites for hydroxylation is 1. The van der Waals surface area contributed by atoms with Crippen LogP contribution in [0.3, 0.4) is 0 Å². The Bertz CT molecular complexity index is 1470. The Labute approximate surface area is 232 Å². The van der Waals surface area contributed by atoms with Gasteiger partial charge in [-0.1, -0.05) is 31.5 Å². The van der Waals surface area contributed by atoms with E-state index in [2.05, 4.69) is 45.0 Å². The number of aromatic nitrogens is 2. The number of nitrogens with one attached hydrogen (secondary N) is 2. The summed E-state index contributed by atoms with van der Waals surface area (Å²) in [6.07, 6.45) is 3.49. The molecule has 0 spiro atoms. The van der Waals surface area contributed by atoms with Crippen molar-refractivity contribution in [3.8, 4) is 0 Å². The van der Waals surface area contributed by atoms with Crippen molar-refractivity contribution in [3.63, 3.8) is 0 Å². The van der Waals surface area contributed by atoms with Gasteiger partial charge in [0.15, 0.2) is 5.11 Å². The molecule has 38 heavy (non-hydrogen) atoms. The van der Waals surface area contributed by atoms with Crippen LogP contribution in [0, 0.1) is 19.8 Å². The molecule has 4 aromatic rings. The second-order valence-electron chi connectivity index (χ2n) is 9.80. The molecule has 0 saturated carbocycles. The van der Waals surface area contributed by atoms with E-state index in [4.69, 9.17) is 28.2 Å². The molecule has 0 unspecified atom stereocenters. The van der Waals surface area contributed by atoms with Crippen LogP contribution in [0.5, 0.6) is 0 Å². The van der Waals surface area contributed by atoms with E-state index in [1.165, 1.54) is 0 Å². The van der Waals surface area contributed by atoms with Gasteiger partial charge in [-0.2, -0.15) is 0 Å². The Morgan fingerprint density at radius 1 is 1.18 bits per heavy atom. The van der Waals surface area contributed by atoms with Gasteiger partial charge in [0.25, 0.3) is 0 Å². The van der Waals surface area contributed by atoms with Gasteiger partial charge in [0.2, 0.25) is 5.91 Å². The number of furan rings is 1. The number of amides is 1. The van der Waals surface area contributed by atoms with Crippen LogP contribution in [0.1, 0.15) is 54.3 Å². The van der Waals surface area contributed by atoms with Crippen LogP contribution in [0.2, 0.25) is 5.02 Å². The molecule has 3 aromatic heterocycles. The van der Waals surface area contributed by atoms with Gasteiger partial charge in [-0.15, -0.1) is 0 Å². The van der Waals surface area contributed by atoms with Gasteiger partial charge in [0.1, 0.15) is 5.76 Å². The number of hydrogen-bond donors (Lipinski definition) is 2. The predicted molar refractivity (Wildman–Crippen MR) is 155 cm³/mol. The van der Waals surface area contributed by atoms with Crippen molar-refractivity contribution >= 4 is 46.2 Å². The van der Waals surface area contributed by atoms with E-state index < -0.39 is 0 Å². The smallest absolute Gasteiger partial charge is 0.226 e. The van der Waals surface area contributed by atoms with Crippen molar-refractivity contribution in [1.82, 2.24) is 14.9 Å². The van der Waals surface area contributed by atoms with Crippen molar-refractivity contribution in [2.24, 2.45) is 5.92 Å². The quantitative estimate of drug-likeness (QED) is 0.255. The van der Waals surface area contributed by atoms with Crippen molar-refractivity contribution < 1.29 is 9.21 Å². The van der Waals surface area contributed by atoms with Gasteiger partial charge < -0.3 is 24.5 Å². The van der Waals surface area contributed by atoms with Gasteiger partial charge in [-0.3, -0.25) is 9.78 Å². The van der Waals surface area contributed by atoms with Crippen molar-refractivity contribution in [2.45, 2.75) is 46.3 Å². The zero-order valence-electron chi connectivity index (χ0n) is 21.7. The van der Waals surface area contributed by atoms with Gasteiger partial charge in [-0.05, 0) is 80.2 Å². The molecule has 0 bridgehead atoms. The summed E-state index contributed by atoms with van der Waals surface area (Å²) in [6, 6.07) is 17.2. The number of nitrogens with zero attached hydrogens (tertiary/aromatic N) is 3. The maximum Gasteiger partial charge on any atom is 0.226 e. The van der Waals surface area contributed by atoms with E-state index in [0.29, 0.717) is 22.4 Å². The SMILES string of the molecule is Cc1cc([C@H]2[C@H](c3ccccn3)NC(=S)N2c2ccc(NC(=O)C(C)C)c(Cl)c2)c(C)n1Cc1ccco1. The molecule has 0 aliphatic carbocycles. The minimum absolute atomic E-state index is 0.0879. The fourth-order valence-electron chi connectivity index (χ4n) is 4.91. The molecule has 4 heterocycles. The molecule has 2 atom stereocenters. The zero-order chi connectivity index (χ0) is 27.0. The fraction of sp³-hybridized carbons (Fsp3) is 0.276. The number of carbonyl (C=O) groups excluding carboxylic acids is 1. The van der Waals surface area contributed by atoms with Gasteiger partial charge in [0.05, 0.1) is 41.3 Å². The summed E-state index contributed by atoms with van der Waals surface area (Å²) >= 11 is 12.5. The summed E-state index contributed by atoms with van der Waals surface area (Å²) in [6.45, 7) is 8.55. The first-order valence-corrected chi connectivity index (χ1v) is 13.3. The average Bonchev–Trinajstić information content (AvgIpc) is 3.60. The summed E-state index contributed by atoms with van der Waals surface area (Å²) < 4.78 is 7.88. The second kappa shape index (κ2) is 10.6. The molecule has 0 radical (unpaired) electrons. The van der Waals surface area contributed by atoms with Crippen molar-refractivity contribution in [2.75, 3.05) is 10.2 Å². The summed E-state index contributed by atoms with van der Waals surface area (Å²) in [5, 5.41) is 7.43. The lowest BCUT2D eigenvalue weighted by Gasteiger charge is -2.28. The number of carbonyl (C=O) groups is 1. The van der Waals surface area contributed by atoms with E-state index in [0.717, 1.165) is 34.1 Å². The molecule has 1 saturated heterocycles. The molecule has 2 N–H and O–H groups in total. The normalized spacial score (nSPS) is 17.2. The molecule has 1 fully saturated rings. The summed E-state index contributed by atoms with van der Waals surface area (Å²) in [5.41, 5.74) is 5.66. The standard InChI is InChI=1S/C29H30ClN5O2S/c1-17(2)28(36)32-24-11-10-20(15-23(24)30)35-27(26(33-29(35)38)25-9-5-6-12-31-25)22-14-18(3)34(19(22)4)16-21-8-7-13-37-21/h5-15,17,26-27H,16H2,1-4H3,(H,32,36)(H,33,38)/t26-,27-/m0/s1. The van der Waals surface area contributed by atoms with Crippen LogP contribution >= 0.6 is 23.8 Å². The lowest BCUT2D eigenvalue weighted by atomic mass is 9.96. The highest BCUT2D eigenvalue weighted by molar-refractivity contribution is 7.80. The maximum absolute atomic E-state index is 12.3. The molecule has 1 aliphatic heterocycles. The number of pyridine rings is 1. The summed E-state index contributed by atoms with van der Waals surface area (Å²) in [7, 11) is 0. The Balaban J connectivity index is 1.58. The number of benzene rings is 1. The molecular weight excluding hydrogens is 518 g/mol. The Morgan fingerprint density at radius 2 is 2.00 bits per heavy atom. The third kappa shape index (κ3) is 4.93. The van der Waals surface area contributed by atoms with E-state index in [1.54, 1.807) is 12.5 Å². The van der Waals surface area contributed by atoms with Gasteiger partial charge in [-0.25, -0.2) is 0 Å². The Kier molecular flexibility index (Phi) is 7.27. The molecular formula is C29H30ClN5O2S. The topological polar surface area (TPSA) is 75.3 Å². The third-order valence-corrected chi connectivity index (χ3v) is 7.56. The molecule has 7 nitrogen and oxygen atoms in total. The van der Waals surface area contributed by atoms with Crippen LogP contribution in [0.4, 0.5) is 11.4 Å². The second-order valence-corrected chi connectivity index (χ2v) is 10.6. The van der Waals surface area contributed by atoms with Crippen LogP contribution in [0.15, 0.2) is 71.5 Å². The lowest BCUT2D eigenvalue weighted by molar-refractivity contribution is -0.118. The first-order chi connectivity index (χ1) is 18.2. The van der Waals surface area contributed by atoms with E-state index in [9.17, 15) is 4.79 Å². The Hall–Kier alpha value is -3.62. The maximum atomic E-state index is 12.3. The van der Waals surface area contributed by atoms with E-state index in [-0.39, 0.29) is 23.9 Å². The molecule has 5 rings (SSSR count). The number of hydrogen-bond acceptors (Lipinski definition) is 4. The zero-order valence-corrected chi connectivity index (χ0v) is 23.3. The minimum atomic E-state index is -0.180. The van der Waals surface area contributed by atoms with E-state index in [1.807, 2.05) is 62.4 Å². The highest BCUT2D eigenvalue weighted by Crippen LogP contribution is 2.44. The van der Waals surface area contributed by atoms with Crippen LogP contribution in [0.25, 0.3) is 0 Å². The number of rotatable bonds is 7. The van der Waals surface area contributed by atoms with Crippen LogP contribution < -0.4 is 15.5 Å². The highest BCUT2D eigenvalue weighted by atomic mass is 35.5. The number of halogens is 1. The lowest BCUT2D eigenvalue weighted by Crippen LogP contribution is -2.29. The Morgan fingerprint density at radius 3 is 2.66 bits per heavy atom. The fourth-order valence-corrected chi connectivity index (χ4v) is 5.48. The third-order valence-electron chi connectivity index (χ3n) is 6.94. The molecule has 1 aliphatic rings. The average molecular weight is 548 g/mol. The summed E-state index contributed by atoms with van der Waals surface area (Å²) in [4.78, 5) is 19.0. The van der Waals surface area contributed by atoms with Crippen molar-refractivity contribution in [1.29, 1.82) is 0 Å². The summed E-state index contributed by atoms with van der Waals surface area (Å²) in [5.74, 6) is 0.651.